The van der Waals surface area contributed by atoms with Gasteiger partial charge in [-0.1, -0.05) is 43.3 Å². The Balaban J connectivity index is 1.82. The highest BCUT2D eigenvalue weighted by atomic mass is 16.6. The lowest BCUT2D eigenvalue weighted by Crippen LogP contribution is -2.19. The number of rotatable bonds is 7. The van der Waals surface area contributed by atoms with E-state index in [1.807, 2.05) is 6.92 Å². The summed E-state index contributed by atoms with van der Waals surface area (Å²) in [7, 11) is 0. The SMILES string of the molecule is CCc1ccc(C(=O)C(=O)c2ccccc2NC(=O)c2ccc([N+](=O)[O-])cc2)cc1. The zero-order valence-corrected chi connectivity index (χ0v) is 16.1. The highest BCUT2D eigenvalue weighted by Crippen LogP contribution is 2.20. The van der Waals surface area contributed by atoms with Gasteiger partial charge in [-0.05, 0) is 36.2 Å². The third-order valence-electron chi connectivity index (χ3n) is 4.59. The highest BCUT2D eigenvalue weighted by Gasteiger charge is 2.22. The number of carbonyl (C=O) groups excluding carboxylic acids is 3. The van der Waals surface area contributed by atoms with Crippen molar-refractivity contribution in [2.75, 3.05) is 5.32 Å². The van der Waals surface area contributed by atoms with Gasteiger partial charge in [0.15, 0.2) is 0 Å². The standard InChI is InChI=1S/C23H18N2O5/c1-2-15-7-9-16(10-8-15)21(26)22(27)19-5-3-4-6-20(19)24-23(28)17-11-13-18(14-12-17)25(29)30/h3-14H,2H2,1H3,(H,24,28). The fourth-order valence-corrected chi connectivity index (χ4v) is 2.86. The Labute approximate surface area is 172 Å². The molecule has 0 bridgehead atoms. The maximum Gasteiger partial charge on any atom is 0.269 e. The topological polar surface area (TPSA) is 106 Å². The van der Waals surface area contributed by atoms with Crippen molar-refractivity contribution in [3.8, 4) is 0 Å². The number of Topliss-reactive ketones (excluding diaryl/α,β-unsaturated/α-hetero) is 2. The first-order valence-electron chi connectivity index (χ1n) is 9.23. The Hall–Kier alpha value is -4.13. The number of nitro benzene ring substituents is 1. The van der Waals surface area contributed by atoms with Crippen molar-refractivity contribution in [3.05, 3.63) is 105 Å². The molecule has 0 saturated heterocycles. The summed E-state index contributed by atoms with van der Waals surface area (Å²) < 4.78 is 0. The maximum absolute atomic E-state index is 12.8. The van der Waals surface area contributed by atoms with Crippen LogP contribution in [-0.4, -0.2) is 22.4 Å². The summed E-state index contributed by atoms with van der Waals surface area (Å²) in [6, 6.07) is 18.1. The smallest absolute Gasteiger partial charge is 0.269 e. The molecule has 1 amide bonds. The van der Waals surface area contributed by atoms with E-state index >= 15 is 0 Å². The van der Waals surface area contributed by atoms with E-state index < -0.39 is 22.4 Å². The number of para-hydroxylation sites is 1. The van der Waals surface area contributed by atoms with Crippen LogP contribution in [-0.2, 0) is 6.42 Å². The highest BCUT2D eigenvalue weighted by molar-refractivity contribution is 6.50. The predicted molar refractivity (Wildman–Crippen MR) is 112 cm³/mol. The molecular weight excluding hydrogens is 384 g/mol. The van der Waals surface area contributed by atoms with Crippen LogP contribution in [0.1, 0.15) is 43.6 Å². The number of nitrogens with one attached hydrogen (secondary N) is 1. The molecule has 0 spiro atoms. The minimum absolute atomic E-state index is 0.0670. The van der Waals surface area contributed by atoms with E-state index in [0.717, 1.165) is 12.0 Å². The van der Waals surface area contributed by atoms with Gasteiger partial charge >= 0.3 is 0 Å². The Morgan fingerprint density at radius 1 is 0.833 bits per heavy atom. The number of amides is 1. The van der Waals surface area contributed by atoms with Crippen molar-refractivity contribution in [1.29, 1.82) is 0 Å². The van der Waals surface area contributed by atoms with E-state index in [0.29, 0.717) is 0 Å². The van der Waals surface area contributed by atoms with Crippen LogP contribution in [0.15, 0.2) is 72.8 Å². The third-order valence-corrected chi connectivity index (χ3v) is 4.59. The van der Waals surface area contributed by atoms with E-state index in [2.05, 4.69) is 5.32 Å². The number of non-ortho nitro benzene ring substituents is 1. The molecule has 0 aliphatic heterocycles. The van der Waals surface area contributed by atoms with Crippen LogP contribution in [0.4, 0.5) is 11.4 Å². The second-order valence-corrected chi connectivity index (χ2v) is 6.51. The molecule has 3 aromatic carbocycles. The second kappa shape index (κ2) is 8.91. The van der Waals surface area contributed by atoms with E-state index in [-0.39, 0.29) is 28.1 Å². The summed E-state index contributed by atoms with van der Waals surface area (Å²) in [6.45, 7) is 1.99. The fourth-order valence-electron chi connectivity index (χ4n) is 2.86. The van der Waals surface area contributed by atoms with Crippen molar-refractivity contribution < 1.29 is 19.3 Å². The van der Waals surface area contributed by atoms with Gasteiger partial charge in [0.1, 0.15) is 0 Å². The minimum Gasteiger partial charge on any atom is -0.321 e. The summed E-state index contributed by atoms with van der Waals surface area (Å²) in [5, 5.41) is 13.3. The van der Waals surface area contributed by atoms with Gasteiger partial charge in [-0.25, -0.2) is 0 Å². The molecule has 7 nitrogen and oxygen atoms in total. The zero-order valence-electron chi connectivity index (χ0n) is 16.1. The van der Waals surface area contributed by atoms with Crippen LogP contribution in [0.2, 0.25) is 0 Å². The fraction of sp³-hybridized carbons (Fsp3) is 0.0870. The number of carbonyl (C=O) groups is 3. The first-order chi connectivity index (χ1) is 14.4. The lowest BCUT2D eigenvalue weighted by molar-refractivity contribution is -0.384. The molecule has 1 N–H and O–H groups in total. The number of benzene rings is 3. The molecule has 30 heavy (non-hydrogen) atoms. The van der Waals surface area contributed by atoms with Crippen molar-refractivity contribution >= 4 is 28.8 Å². The number of aryl methyl sites for hydroxylation is 1. The number of ketones is 2. The van der Waals surface area contributed by atoms with Gasteiger partial charge in [0.2, 0.25) is 11.6 Å². The Bertz CT molecular complexity index is 1120. The van der Waals surface area contributed by atoms with E-state index in [9.17, 15) is 24.5 Å². The number of hydrogen-bond donors (Lipinski definition) is 1. The minimum atomic E-state index is -0.737. The van der Waals surface area contributed by atoms with Crippen LogP contribution in [0.3, 0.4) is 0 Å². The molecule has 0 aliphatic carbocycles. The van der Waals surface area contributed by atoms with Gasteiger partial charge in [0, 0.05) is 28.8 Å². The van der Waals surface area contributed by atoms with Crippen LogP contribution in [0.5, 0.6) is 0 Å². The monoisotopic (exact) mass is 402 g/mol. The largest absolute Gasteiger partial charge is 0.321 e. The van der Waals surface area contributed by atoms with Gasteiger partial charge < -0.3 is 5.32 Å². The van der Waals surface area contributed by atoms with Gasteiger partial charge in [-0.2, -0.15) is 0 Å². The molecule has 0 radical (unpaired) electrons. The first-order valence-corrected chi connectivity index (χ1v) is 9.23. The lowest BCUT2D eigenvalue weighted by Gasteiger charge is -2.10. The normalized spacial score (nSPS) is 10.3. The average Bonchev–Trinajstić information content (AvgIpc) is 2.78. The molecule has 7 heteroatoms. The Kier molecular flexibility index (Phi) is 6.12. The molecular formula is C23H18N2O5. The summed E-state index contributed by atoms with van der Waals surface area (Å²) in [4.78, 5) is 48.1. The summed E-state index contributed by atoms with van der Waals surface area (Å²) >= 11 is 0. The molecule has 0 atom stereocenters. The molecule has 0 heterocycles. The molecule has 0 saturated carbocycles. The first kappa shape index (κ1) is 20.6. The summed E-state index contributed by atoms with van der Waals surface area (Å²) in [6.07, 6.45) is 0.819. The molecule has 3 rings (SSSR count). The van der Waals surface area contributed by atoms with Crippen molar-refractivity contribution in [2.24, 2.45) is 0 Å². The Morgan fingerprint density at radius 3 is 2.03 bits per heavy atom. The summed E-state index contributed by atoms with van der Waals surface area (Å²) in [5.41, 5.74) is 1.62. The molecule has 150 valence electrons. The number of nitrogens with zero attached hydrogens (tertiary/aromatic N) is 1. The van der Waals surface area contributed by atoms with Crippen molar-refractivity contribution in [3.63, 3.8) is 0 Å². The lowest BCUT2D eigenvalue weighted by atomic mass is 9.99. The molecule has 0 aromatic heterocycles. The maximum atomic E-state index is 12.8. The van der Waals surface area contributed by atoms with Gasteiger partial charge in [-0.15, -0.1) is 0 Å². The van der Waals surface area contributed by atoms with Gasteiger partial charge in [0.25, 0.3) is 11.6 Å². The number of nitro groups is 1. The summed E-state index contributed by atoms with van der Waals surface area (Å²) in [5.74, 6) is -1.96. The Morgan fingerprint density at radius 2 is 1.43 bits per heavy atom. The van der Waals surface area contributed by atoms with E-state index in [1.54, 1.807) is 36.4 Å². The van der Waals surface area contributed by atoms with Crippen LogP contribution in [0, 0.1) is 10.1 Å². The predicted octanol–water partition coefficient (Wildman–Crippen LogP) is 4.48. The van der Waals surface area contributed by atoms with Crippen LogP contribution < -0.4 is 5.32 Å². The van der Waals surface area contributed by atoms with Crippen LogP contribution in [0.25, 0.3) is 0 Å². The molecule has 3 aromatic rings. The number of hydrogen-bond acceptors (Lipinski definition) is 5. The van der Waals surface area contributed by atoms with E-state index in [4.69, 9.17) is 0 Å². The van der Waals surface area contributed by atoms with Gasteiger partial charge in [-0.3, -0.25) is 24.5 Å². The average molecular weight is 402 g/mol. The second-order valence-electron chi connectivity index (χ2n) is 6.51. The molecule has 0 unspecified atom stereocenters. The van der Waals surface area contributed by atoms with Crippen LogP contribution >= 0.6 is 0 Å². The van der Waals surface area contributed by atoms with Gasteiger partial charge in [0.05, 0.1) is 10.6 Å². The van der Waals surface area contributed by atoms with Crippen molar-refractivity contribution in [2.45, 2.75) is 13.3 Å². The molecule has 0 aliphatic rings. The molecule has 0 fully saturated rings. The zero-order chi connectivity index (χ0) is 21.7. The number of anilines is 1. The van der Waals surface area contributed by atoms with Crippen molar-refractivity contribution in [1.82, 2.24) is 0 Å². The van der Waals surface area contributed by atoms with E-state index in [1.165, 1.54) is 36.4 Å². The third kappa shape index (κ3) is 4.47. The quantitative estimate of drug-likeness (QED) is 0.271.